The lowest BCUT2D eigenvalue weighted by Crippen LogP contribution is -2.37. The maximum Gasteiger partial charge on any atom is 0.241 e. The average molecular weight is 337 g/mol. The van der Waals surface area contributed by atoms with Crippen LogP contribution in [0.4, 0.5) is 5.13 Å². The van der Waals surface area contributed by atoms with Crippen molar-refractivity contribution in [2.24, 2.45) is 0 Å². The molecule has 118 valence electrons. The SMILES string of the molecule is Cc1ccc(S(=O)(=O)NC2CCN(c3nccs3)C2)c(C)c1. The summed E-state index contributed by atoms with van der Waals surface area (Å²) in [6, 6.07) is 5.33. The van der Waals surface area contributed by atoms with Crippen LogP contribution in [0.1, 0.15) is 17.5 Å². The summed E-state index contributed by atoms with van der Waals surface area (Å²) in [5.74, 6) is 0. The highest BCUT2D eigenvalue weighted by atomic mass is 32.2. The molecule has 1 aromatic heterocycles. The Kier molecular flexibility index (Phi) is 4.20. The maximum absolute atomic E-state index is 12.6. The first kappa shape index (κ1) is 15.5. The predicted octanol–water partition coefficient (Wildman–Crippen LogP) is 2.32. The minimum absolute atomic E-state index is 0.0744. The number of thiazole rings is 1. The number of hydrogen-bond acceptors (Lipinski definition) is 5. The number of nitrogens with one attached hydrogen (secondary N) is 1. The molecule has 2 heterocycles. The molecule has 1 saturated heterocycles. The summed E-state index contributed by atoms with van der Waals surface area (Å²) in [5, 5.41) is 2.89. The third kappa shape index (κ3) is 3.16. The normalized spacial score (nSPS) is 18.8. The van der Waals surface area contributed by atoms with Gasteiger partial charge in [-0.15, -0.1) is 11.3 Å². The van der Waals surface area contributed by atoms with Crippen molar-refractivity contribution in [1.29, 1.82) is 0 Å². The molecule has 1 aromatic carbocycles. The van der Waals surface area contributed by atoms with E-state index in [2.05, 4.69) is 14.6 Å². The second-order valence-corrected chi connectivity index (χ2v) is 8.19. The minimum Gasteiger partial charge on any atom is -0.346 e. The molecule has 5 nitrogen and oxygen atoms in total. The first-order valence-electron chi connectivity index (χ1n) is 7.20. The number of aromatic nitrogens is 1. The van der Waals surface area contributed by atoms with Crippen molar-refractivity contribution >= 4 is 26.5 Å². The van der Waals surface area contributed by atoms with E-state index < -0.39 is 10.0 Å². The van der Waals surface area contributed by atoms with Gasteiger partial charge in [-0.1, -0.05) is 17.7 Å². The van der Waals surface area contributed by atoms with Crippen LogP contribution >= 0.6 is 11.3 Å². The van der Waals surface area contributed by atoms with E-state index >= 15 is 0 Å². The molecule has 1 unspecified atom stereocenters. The van der Waals surface area contributed by atoms with Crippen LogP contribution in [0.3, 0.4) is 0 Å². The van der Waals surface area contributed by atoms with Gasteiger partial charge >= 0.3 is 0 Å². The van der Waals surface area contributed by atoms with E-state index in [4.69, 9.17) is 0 Å². The Morgan fingerprint density at radius 3 is 2.86 bits per heavy atom. The molecule has 0 radical (unpaired) electrons. The van der Waals surface area contributed by atoms with Gasteiger partial charge in [0.15, 0.2) is 5.13 Å². The number of aryl methyl sites for hydroxylation is 2. The minimum atomic E-state index is -3.48. The van der Waals surface area contributed by atoms with Crippen molar-refractivity contribution in [2.75, 3.05) is 18.0 Å². The quantitative estimate of drug-likeness (QED) is 0.930. The Hall–Kier alpha value is -1.44. The van der Waals surface area contributed by atoms with Crippen LogP contribution in [0.5, 0.6) is 0 Å². The Labute approximate surface area is 135 Å². The third-order valence-corrected chi connectivity index (χ3v) is 6.33. The molecule has 1 aliphatic heterocycles. The van der Waals surface area contributed by atoms with Crippen molar-refractivity contribution in [3.05, 3.63) is 40.9 Å². The molecule has 1 aliphatic rings. The lowest BCUT2D eigenvalue weighted by atomic mass is 10.2. The van der Waals surface area contributed by atoms with Gasteiger partial charge in [-0.3, -0.25) is 0 Å². The Bertz CT molecular complexity index is 757. The van der Waals surface area contributed by atoms with Crippen LogP contribution < -0.4 is 9.62 Å². The molecular weight excluding hydrogens is 318 g/mol. The molecule has 22 heavy (non-hydrogen) atoms. The van der Waals surface area contributed by atoms with Crippen molar-refractivity contribution in [1.82, 2.24) is 9.71 Å². The zero-order chi connectivity index (χ0) is 15.7. The zero-order valence-corrected chi connectivity index (χ0v) is 14.2. The summed E-state index contributed by atoms with van der Waals surface area (Å²) in [6.07, 6.45) is 2.57. The summed E-state index contributed by atoms with van der Waals surface area (Å²) >= 11 is 1.58. The number of sulfonamides is 1. The fraction of sp³-hybridized carbons (Fsp3) is 0.400. The molecule has 0 aliphatic carbocycles. The van der Waals surface area contributed by atoms with E-state index in [1.807, 2.05) is 31.4 Å². The smallest absolute Gasteiger partial charge is 0.241 e. The summed E-state index contributed by atoms with van der Waals surface area (Å²) < 4.78 is 28.0. The van der Waals surface area contributed by atoms with Gasteiger partial charge in [0.25, 0.3) is 0 Å². The fourth-order valence-corrected chi connectivity index (χ4v) is 4.95. The highest BCUT2D eigenvalue weighted by molar-refractivity contribution is 7.89. The monoisotopic (exact) mass is 337 g/mol. The fourth-order valence-electron chi connectivity index (χ4n) is 2.79. The summed E-state index contributed by atoms with van der Waals surface area (Å²) in [7, 11) is -3.48. The molecule has 0 saturated carbocycles. The van der Waals surface area contributed by atoms with Gasteiger partial charge in [0.05, 0.1) is 4.90 Å². The molecular formula is C15H19N3O2S2. The van der Waals surface area contributed by atoms with Gasteiger partial charge in [0.1, 0.15) is 0 Å². The molecule has 0 bridgehead atoms. The van der Waals surface area contributed by atoms with Crippen LogP contribution in [0, 0.1) is 13.8 Å². The number of hydrogen-bond donors (Lipinski definition) is 1. The first-order chi connectivity index (χ1) is 10.5. The summed E-state index contributed by atoms with van der Waals surface area (Å²) in [6.45, 7) is 5.28. The molecule has 0 spiro atoms. The van der Waals surface area contributed by atoms with Crippen LogP contribution in [-0.4, -0.2) is 32.5 Å². The van der Waals surface area contributed by atoms with Crippen LogP contribution in [0.25, 0.3) is 0 Å². The molecule has 1 N–H and O–H groups in total. The largest absolute Gasteiger partial charge is 0.346 e. The van der Waals surface area contributed by atoms with Crippen molar-refractivity contribution in [3.63, 3.8) is 0 Å². The van der Waals surface area contributed by atoms with E-state index in [9.17, 15) is 8.42 Å². The molecule has 0 amide bonds. The standard InChI is InChI=1S/C15H19N3O2S2/c1-11-3-4-14(12(2)9-11)22(19,20)17-13-5-7-18(10-13)15-16-6-8-21-15/h3-4,6,8-9,13,17H,5,7,10H2,1-2H3. The van der Waals surface area contributed by atoms with E-state index in [0.717, 1.165) is 29.2 Å². The highest BCUT2D eigenvalue weighted by Crippen LogP contribution is 2.24. The number of anilines is 1. The van der Waals surface area contributed by atoms with E-state index in [0.29, 0.717) is 11.4 Å². The van der Waals surface area contributed by atoms with Gasteiger partial charge < -0.3 is 4.90 Å². The molecule has 1 atom stereocenters. The number of benzene rings is 1. The van der Waals surface area contributed by atoms with Crippen molar-refractivity contribution in [2.45, 2.75) is 31.2 Å². The van der Waals surface area contributed by atoms with Crippen LogP contribution in [0.2, 0.25) is 0 Å². The predicted molar refractivity (Wildman–Crippen MR) is 89.0 cm³/mol. The first-order valence-corrected chi connectivity index (χ1v) is 9.56. The topological polar surface area (TPSA) is 62.3 Å². The maximum atomic E-state index is 12.6. The van der Waals surface area contributed by atoms with Gasteiger partial charge in [-0.2, -0.15) is 0 Å². The second-order valence-electron chi connectivity index (χ2n) is 5.64. The third-order valence-electron chi connectivity index (χ3n) is 3.82. The van der Waals surface area contributed by atoms with Crippen LogP contribution in [-0.2, 0) is 10.0 Å². The summed E-state index contributed by atoms with van der Waals surface area (Å²) in [4.78, 5) is 6.77. The Morgan fingerprint density at radius 1 is 1.36 bits per heavy atom. The number of nitrogens with zero attached hydrogens (tertiary/aromatic N) is 2. The van der Waals surface area contributed by atoms with Crippen LogP contribution in [0.15, 0.2) is 34.7 Å². The van der Waals surface area contributed by atoms with Gasteiger partial charge in [-0.25, -0.2) is 18.1 Å². The molecule has 1 fully saturated rings. The highest BCUT2D eigenvalue weighted by Gasteiger charge is 2.28. The lowest BCUT2D eigenvalue weighted by Gasteiger charge is -2.16. The van der Waals surface area contributed by atoms with Gasteiger partial charge in [0, 0.05) is 30.7 Å². The van der Waals surface area contributed by atoms with Crippen molar-refractivity contribution < 1.29 is 8.42 Å². The molecule has 3 rings (SSSR count). The molecule has 2 aromatic rings. The average Bonchev–Trinajstić information content (AvgIpc) is 3.07. The second kappa shape index (κ2) is 5.98. The Balaban J connectivity index is 1.73. The Morgan fingerprint density at radius 2 is 2.18 bits per heavy atom. The van der Waals surface area contributed by atoms with Gasteiger partial charge in [-0.05, 0) is 31.9 Å². The van der Waals surface area contributed by atoms with E-state index in [1.165, 1.54) is 0 Å². The van der Waals surface area contributed by atoms with Crippen molar-refractivity contribution in [3.8, 4) is 0 Å². The molecule has 7 heteroatoms. The van der Waals surface area contributed by atoms with E-state index in [-0.39, 0.29) is 6.04 Å². The van der Waals surface area contributed by atoms with Gasteiger partial charge in [0.2, 0.25) is 10.0 Å². The number of rotatable bonds is 4. The summed E-state index contributed by atoms with van der Waals surface area (Å²) in [5.41, 5.74) is 1.84. The lowest BCUT2D eigenvalue weighted by molar-refractivity contribution is 0.561. The zero-order valence-electron chi connectivity index (χ0n) is 12.6. The van der Waals surface area contributed by atoms with E-state index in [1.54, 1.807) is 23.6 Å².